The maximum Gasteiger partial charge on any atom is 0.184 e. The molecule has 0 aliphatic carbocycles. The fraction of sp³-hybridized carbons (Fsp3) is 0.292. The quantitative estimate of drug-likeness (QED) is 0.680. The lowest BCUT2D eigenvalue weighted by atomic mass is 10.1. The van der Waals surface area contributed by atoms with Crippen LogP contribution < -0.4 is 14.4 Å². The van der Waals surface area contributed by atoms with Gasteiger partial charge in [-0.2, -0.15) is 0 Å². The monoisotopic (exact) mass is 387 g/mol. The number of fused-ring (bicyclic) bond motifs is 1. The lowest BCUT2D eigenvalue weighted by Crippen LogP contribution is -2.46. The summed E-state index contributed by atoms with van der Waals surface area (Å²) in [6.45, 7) is 6.06. The van der Waals surface area contributed by atoms with Gasteiger partial charge in [-0.25, -0.2) is 0 Å². The zero-order valence-electron chi connectivity index (χ0n) is 16.5. The van der Waals surface area contributed by atoms with Crippen molar-refractivity contribution < 1.29 is 9.47 Å². The molecule has 1 saturated heterocycles. The molecule has 5 rings (SSSR count). The predicted molar refractivity (Wildman–Crippen MR) is 115 cm³/mol. The summed E-state index contributed by atoms with van der Waals surface area (Å²) in [5, 5.41) is 0. The first kappa shape index (κ1) is 18.0. The van der Waals surface area contributed by atoms with Gasteiger partial charge in [0.05, 0.1) is 17.1 Å². The first-order valence-electron chi connectivity index (χ1n) is 10.2. The third kappa shape index (κ3) is 3.91. The Labute approximate surface area is 171 Å². The molecule has 0 radical (unpaired) electrons. The van der Waals surface area contributed by atoms with E-state index in [0.717, 1.165) is 66.9 Å². The Hall–Kier alpha value is -3.05. The zero-order chi connectivity index (χ0) is 19.5. The van der Waals surface area contributed by atoms with E-state index < -0.39 is 0 Å². The summed E-state index contributed by atoms with van der Waals surface area (Å²) >= 11 is 0. The van der Waals surface area contributed by atoms with Crippen molar-refractivity contribution in [3.8, 4) is 22.8 Å². The van der Waals surface area contributed by atoms with Crippen LogP contribution in [0, 0.1) is 0 Å². The van der Waals surface area contributed by atoms with Crippen molar-refractivity contribution in [1.82, 2.24) is 9.88 Å². The van der Waals surface area contributed by atoms with Crippen molar-refractivity contribution in [2.24, 2.45) is 0 Å². The topological polar surface area (TPSA) is 37.8 Å². The van der Waals surface area contributed by atoms with E-state index in [1.54, 1.807) is 0 Å². The SMILES string of the molecule is c1ccc(-c2cccc(CN3CCN(c4cccc5c4OCCO5)CC3)n2)cc1. The Morgan fingerprint density at radius 1 is 0.759 bits per heavy atom. The highest BCUT2D eigenvalue weighted by Crippen LogP contribution is 2.39. The normalized spacial score (nSPS) is 16.6. The standard InChI is InChI=1S/C24H25N3O2/c1-2-6-19(7-3-1)21-9-4-8-20(25-21)18-26-12-14-27(15-13-26)22-10-5-11-23-24(22)29-17-16-28-23/h1-11H,12-18H2. The van der Waals surface area contributed by atoms with E-state index in [0.29, 0.717) is 13.2 Å². The van der Waals surface area contributed by atoms with Gasteiger partial charge in [-0.1, -0.05) is 42.5 Å². The minimum atomic E-state index is 0.618. The van der Waals surface area contributed by atoms with Gasteiger partial charge in [0, 0.05) is 38.3 Å². The highest BCUT2D eigenvalue weighted by Gasteiger charge is 2.23. The van der Waals surface area contributed by atoms with E-state index >= 15 is 0 Å². The summed E-state index contributed by atoms with van der Waals surface area (Å²) in [5.41, 5.74) is 4.46. The second-order valence-electron chi connectivity index (χ2n) is 7.44. The Balaban J connectivity index is 1.24. The molecule has 2 aromatic carbocycles. The molecule has 0 spiro atoms. The van der Waals surface area contributed by atoms with Crippen LogP contribution in [0.4, 0.5) is 5.69 Å². The van der Waals surface area contributed by atoms with Crippen LogP contribution in [0.25, 0.3) is 11.3 Å². The maximum absolute atomic E-state index is 5.90. The van der Waals surface area contributed by atoms with Crippen molar-refractivity contribution in [3.05, 3.63) is 72.4 Å². The van der Waals surface area contributed by atoms with Gasteiger partial charge < -0.3 is 14.4 Å². The summed E-state index contributed by atoms with van der Waals surface area (Å²) in [7, 11) is 0. The lowest BCUT2D eigenvalue weighted by molar-refractivity contribution is 0.171. The molecule has 0 amide bonds. The highest BCUT2D eigenvalue weighted by molar-refractivity contribution is 5.65. The van der Waals surface area contributed by atoms with Gasteiger partial charge in [0.2, 0.25) is 0 Å². The first-order chi connectivity index (χ1) is 14.4. The van der Waals surface area contributed by atoms with E-state index in [-0.39, 0.29) is 0 Å². The van der Waals surface area contributed by atoms with E-state index in [9.17, 15) is 0 Å². The van der Waals surface area contributed by atoms with Gasteiger partial charge in [-0.3, -0.25) is 9.88 Å². The number of anilines is 1. The summed E-state index contributed by atoms with van der Waals surface area (Å²) < 4.78 is 11.6. The number of hydrogen-bond donors (Lipinski definition) is 0. The molecule has 5 nitrogen and oxygen atoms in total. The molecule has 3 heterocycles. The van der Waals surface area contributed by atoms with Crippen molar-refractivity contribution in [1.29, 1.82) is 0 Å². The summed E-state index contributed by atoms with van der Waals surface area (Å²) in [6, 6.07) is 22.8. The molecular formula is C24H25N3O2. The van der Waals surface area contributed by atoms with E-state index in [2.05, 4.69) is 58.3 Å². The molecule has 0 N–H and O–H groups in total. The summed E-state index contributed by atoms with van der Waals surface area (Å²) in [4.78, 5) is 9.75. The zero-order valence-corrected chi connectivity index (χ0v) is 16.5. The molecule has 148 valence electrons. The molecule has 0 atom stereocenters. The Morgan fingerprint density at radius 2 is 1.55 bits per heavy atom. The van der Waals surface area contributed by atoms with Crippen LogP contribution >= 0.6 is 0 Å². The van der Waals surface area contributed by atoms with Gasteiger partial charge in [-0.15, -0.1) is 0 Å². The van der Waals surface area contributed by atoms with Crippen molar-refractivity contribution in [3.63, 3.8) is 0 Å². The molecule has 3 aromatic rings. The van der Waals surface area contributed by atoms with Crippen LogP contribution in [0.3, 0.4) is 0 Å². The van der Waals surface area contributed by atoms with Crippen LogP contribution in [0.5, 0.6) is 11.5 Å². The number of pyridine rings is 1. The number of para-hydroxylation sites is 1. The van der Waals surface area contributed by atoms with Crippen LogP contribution in [0.1, 0.15) is 5.69 Å². The molecule has 5 heteroatoms. The van der Waals surface area contributed by atoms with Crippen molar-refractivity contribution in [2.45, 2.75) is 6.54 Å². The smallest absolute Gasteiger partial charge is 0.184 e. The third-order valence-electron chi connectivity index (χ3n) is 5.52. The van der Waals surface area contributed by atoms with E-state index in [4.69, 9.17) is 14.5 Å². The molecule has 2 aliphatic heterocycles. The van der Waals surface area contributed by atoms with Crippen molar-refractivity contribution in [2.75, 3.05) is 44.3 Å². The summed E-state index contributed by atoms with van der Waals surface area (Å²) in [5.74, 6) is 1.75. The van der Waals surface area contributed by atoms with Gasteiger partial charge in [-0.05, 0) is 24.3 Å². The summed E-state index contributed by atoms with van der Waals surface area (Å²) in [6.07, 6.45) is 0. The third-order valence-corrected chi connectivity index (χ3v) is 5.52. The second-order valence-corrected chi connectivity index (χ2v) is 7.44. The average molecular weight is 387 g/mol. The van der Waals surface area contributed by atoms with E-state index in [1.807, 2.05) is 18.2 Å². The number of aromatic nitrogens is 1. The highest BCUT2D eigenvalue weighted by atomic mass is 16.6. The fourth-order valence-electron chi connectivity index (χ4n) is 4.02. The second kappa shape index (κ2) is 8.13. The lowest BCUT2D eigenvalue weighted by Gasteiger charge is -2.37. The molecule has 1 fully saturated rings. The minimum Gasteiger partial charge on any atom is -0.486 e. The molecule has 0 bridgehead atoms. The van der Waals surface area contributed by atoms with Gasteiger partial charge in [0.15, 0.2) is 11.5 Å². The van der Waals surface area contributed by atoms with Crippen LogP contribution in [0.15, 0.2) is 66.7 Å². The van der Waals surface area contributed by atoms with E-state index in [1.165, 1.54) is 0 Å². The number of piperazine rings is 1. The maximum atomic E-state index is 5.90. The Morgan fingerprint density at radius 3 is 2.41 bits per heavy atom. The van der Waals surface area contributed by atoms with Gasteiger partial charge >= 0.3 is 0 Å². The largest absolute Gasteiger partial charge is 0.486 e. The number of ether oxygens (including phenoxy) is 2. The van der Waals surface area contributed by atoms with Gasteiger partial charge in [0.1, 0.15) is 13.2 Å². The number of benzene rings is 2. The van der Waals surface area contributed by atoms with Crippen LogP contribution in [0.2, 0.25) is 0 Å². The molecule has 2 aliphatic rings. The average Bonchev–Trinajstić information content (AvgIpc) is 2.80. The molecule has 0 saturated carbocycles. The fourth-order valence-corrected chi connectivity index (χ4v) is 4.02. The Bertz CT molecular complexity index is 969. The number of hydrogen-bond acceptors (Lipinski definition) is 5. The predicted octanol–water partition coefficient (Wildman–Crippen LogP) is 3.84. The molecule has 0 unspecified atom stereocenters. The molecule has 1 aromatic heterocycles. The first-order valence-corrected chi connectivity index (χ1v) is 10.2. The number of rotatable bonds is 4. The van der Waals surface area contributed by atoms with Crippen LogP contribution in [-0.2, 0) is 6.54 Å². The molecular weight excluding hydrogens is 362 g/mol. The Kier molecular flexibility index (Phi) is 5.05. The minimum absolute atomic E-state index is 0.618. The number of nitrogens with zero attached hydrogens (tertiary/aromatic N) is 3. The van der Waals surface area contributed by atoms with Gasteiger partial charge in [0.25, 0.3) is 0 Å². The van der Waals surface area contributed by atoms with Crippen molar-refractivity contribution >= 4 is 5.69 Å². The molecule has 29 heavy (non-hydrogen) atoms. The van der Waals surface area contributed by atoms with Crippen LogP contribution in [-0.4, -0.2) is 49.3 Å².